The SMILES string of the molecule is CCCNc1nc(Sc2nnc(C)s2)cc(C(F)(F)F)n1. The van der Waals surface area contributed by atoms with Gasteiger partial charge in [0.2, 0.25) is 5.95 Å². The van der Waals surface area contributed by atoms with Crippen molar-refractivity contribution in [2.45, 2.75) is 35.8 Å². The first-order valence-corrected chi connectivity index (χ1v) is 7.70. The largest absolute Gasteiger partial charge is 0.433 e. The minimum Gasteiger partial charge on any atom is -0.354 e. The minimum absolute atomic E-state index is 0.0320. The zero-order valence-corrected chi connectivity index (χ0v) is 12.9. The van der Waals surface area contributed by atoms with Crippen molar-refractivity contribution in [1.82, 2.24) is 20.2 Å². The topological polar surface area (TPSA) is 63.6 Å². The Balaban J connectivity index is 2.30. The molecule has 2 heterocycles. The van der Waals surface area contributed by atoms with Crippen LogP contribution in [0, 0.1) is 6.92 Å². The summed E-state index contributed by atoms with van der Waals surface area (Å²) >= 11 is 2.34. The van der Waals surface area contributed by atoms with Crippen molar-refractivity contribution in [1.29, 1.82) is 0 Å². The Hall–Kier alpha value is -1.42. The van der Waals surface area contributed by atoms with Crippen molar-refractivity contribution in [3.8, 4) is 0 Å². The van der Waals surface area contributed by atoms with Crippen LogP contribution in [0.3, 0.4) is 0 Å². The van der Waals surface area contributed by atoms with Crippen molar-refractivity contribution in [3.05, 3.63) is 16.8 Å². The van der Waals surface area contributed by atoms with Crippen LogP contribution in [0.4, 0.5) is 19.1 Å². The molecule has 0 aliphatic heterocycles. The van der Waals surface area contributed by atoms with E-state index >= 15 is 0 Å². The lowest BCUT2D eigenvalue weighted by Gasteiger charge is -2.10. The van der Waals surface area contributed by atoms with E-state index in [9.17, 15) is 13.2 Å². The van der Waals surface area contributed by atoms with Gasteiger partial charge >= 0.3 is 6.18 Å². The summed E-state index contributed by atoms with van der Waals surface area (Å²) in [7, 11) is 0. The third-order valence-electron chi connectivity index (χ3n) is 2.23. The summed E-state index contributed by atoms with van der Waals surface area (Å²) in [5.41, 5.74) is -0.972. The molecule has 2 rings (SSSR count). The highest BCUT2D eigenvalue weighted by Gasteiger charge is 2.33. The number of hydrogen-bond acceptors (Lipinski definition) is 7. The Morgan fingerprint density at radius 3 is 2.62 bits per heavy atom. The van der Waals surface area contributed by atoms with E-state index in [1.807, 2.05) is 6.92 Å². The highest BCUT2D eigenvalue weighted by atomic mass is 32.2. The fourth-order valence-electron chi connectivity index (χ4n) is 1.35. The molecule has 2 aromatic rings. The molecule has 0 unspecified atom stereocenters. The molecule has 0 aromatic carbocycles. The van der Waals surface area contributed by atoms with Gasteiger partial charge < -0.3 is 5.32 Å². The van der Waals surface area contributed by atoms with Crippen LogP contribution < -0.4 is 5.32 Å². The smallest absolute Gasteiger partial charge is 0.354 e. The molecular formula is C11H12F3N5S2. The molecule has 0 bridgehead atoms. The summed E-state index contributed by atoms with van der Waals surface area (Å²) in [6, 6.07) is 0.915. The van der Waals surface area contributed by atoms with Crippen molar-refractivity contribution in [3.63, 3.8) is 0 Å². The van der Waals surface area contributed by atoms with E-state index in [1.54, 1.807) is 6.92 Å². The van der Waals surface area contributed by atoms with Gasteiger partial charge in [0, 0.05) is 12.6 Å². The number of rotatable bonds is 5. The van der Waals surface area contributed by atoms with Gasteiger partial charge in [0.25, 0.3) is 0 Å². The van der Waals surface area contributed by atoms with Crippen LogP contribution in [0.5, 0.6) is 0 Å². The lowest BCUT2D eigenvalue weighted by molar-refractivity contribution is -0.141. The van der Waals surface area contributed by atoms with Crippen molar-refractivity contribution >= 4 is 29.0 Å². The summed E-state index contributed by atoms with van der Waals surface area (Å²) in [6.07, 6.45) is -3.75. The molecule has 0 radical (unpaired) electrons. The van der Waals surface area contributed by atoms with E-state index in [0.717, 1.165) is 29.3 Å². The van der Waals surface area contributed by atoms with Gasteiger partial charge in [-0.1, -0.05) is 18.3 Å². The molecular weight excluding hydrogens is 323 g/mol. The van der Waals surface area contributed by atoms with Crippen molar-refractivity contribution in [2.24, 2.45) is 0 Å². The Morgan fingerprint density at radius 1 is 1.29 bits per heavy atom. The quantitative estimate of drug-likeness (QED) is 0.842. The van der Waals surface area contributed by atoms with Gasteiger partial charge in [-0.05, 0) is 25.1 Å². The number of aromatic nitrogens is 4. The fraction of sp³-hybridized carbons (Fsp3) is 0.455. The van der Waals surface area contributed by atoms with Crippen molar-refractivity contribution in [2.75, 3.05) is 11.9 Å². The maximum Gasteiger partial charge on any atom is 0.433 e. The molecule has 0 aliphatic carbocycles. The second-order valence-electron chi connectivity index (χ2n) is 4.03. The number of hydrogen-bond donors (Lipinski definition) is 1. The lowest BCUT2D eigenvalue weighted by atomic mass is 10.4. The van der Waals surface area contributed by atoms with Gasteiger partial charge in [0.15, 0.2) is 10.0 Å². The molecule has 10 heteroatoms. The molecule has 0 saturated carbocycles. The Kier molecular flexibility index (Phi) is 4.99. The third kappa shape index (κ3) is 4.53. The van der Waals surface area contributed by atoms with Crippen molar-refractivity contribution < 1.29 is 13.2 Å². The summed E-state index contributed by atoms with van der Waals surface area (Å²) in [5, 5.41) is 11.4. The maximum absolute atomic E-state index is 12.9. The number of halogens is 3. The standard InChI is InChI=1S/C11H12F3N5S2/c1-3-4-15-9-16-7(11(12,13)14)5-8(17-9)21-10-19-18-6(2)20-10/h5H,3-4H2,1-2H3,(H,15,16,17). The highest BCUT2D eigenvalue weighted by Crippen LogP contribution is 2.34. The van der Waals surface area contributed by atoms with Gasteiger partial charge in [0.1, 0.15) is 10.0 Å². The van der Waals surface area contributed by atoms with E-state index in [4.69, 9.17) is 0 Å². The average molecular weight is 335 g/mol. The molecule has 2 aromatic heterocycles. The van der Waals surface area contributed by atoms with Gasteiger partial charge in [-0.2, -0.15) is 13.2 Å². The molecule has 21 heavy (non-hydrogen) atoms. The van der Waals surface area contributed by atoms with E-state index in [2.05, 4.69) is 25.5 Å². The van der Waals surface area contributed by atoms with Gasteiger partial charge in [0.05, 0.1) is 0 Å². The Labute approximate surface area is 127 Å². The van der Waals surface area contributed by atoms with Crippen LogP contribution in [-0.4, -0.2) is 26.7 Å². The Bertz CT molecular complexity index is 614. The monoisotopic (exact) mass is 335 g/mol. The second kappa shape index (κ2) is 6.56. The molecule has 0 atom stereocenters. The molecule has 114 valence electrons. The highest BCUT2D eigenvalue weighted by molar-refractivity contribution is 8.01. The zero-order valence-electron chi connectivity index (χ0n) is 11.2. The van der Waals surface area contributed by atoms with Gasteiger partial charge in [-0.15, -0.1) is 10.2 Å². The van der Waals surface area contributed by atoms with Gasteiger partial charge in [-0.3, -0.25) is 0 Å². The molecule has 0 amide bonds. The molecule has 0 fully saturated rings. The maximum atomic E-state index is 12.9. The number of aryl methyl sites for hydroxylation is 1. The summed E-state index contributed by atoms with van der Waals surface area (Å²) in [5.74, 6) is -0.0320. The Morgan fingerprint density at radius 2 is 2.05 bits per heavy atom. The predicted octanol–water partition coefficient (Wildman–Crippen LogP) is 3.63. The van der Waals surface area contributed by atoms with Gasteiger partial charge in [-0.25, -0.2) is 9.97 Å². The van der Waals surface area contributed by atoms with E-state index in [1.165, 1.54) is 11.3 Å². The first kappa shape index (κ1) is 16.0. The zero-order chi connectivity index (χ0) is 15.5. The van der Waals surface area contributed by atoms with E-state index in [-0.39, 0.29) is 11.0 Å². The summed E-state index contributed by atoms with van der Waals surface area (Å²) in [4.78, 5) is 7.56. The van der Waals surface area contributed by atoms with E-state index in [0.29, 0.717) is 10.9 Å². The summed E-state index contributed by atoms with van der Waals surface area (Å²) in [6.45, 7) is 4.18. The average Bonchev–Trinajstić information content (AvgIpc) is 2.80. The lowest BCUT2D eigenvalue weighted by Crippen LogP contribution is -2.13. The van der Waals surface area contributed by atoms with Crippen LogP contribution in [0.25, 0.3) is 0 Å². The molecule has 0 spiro atoms. The minimum atomic E-state index is -4.52. The predicted molar refractivity (Wildman–Crippen MR) is 74.6 cm³/mol. The number of alkyl halides is 3. The fourth-order valence-corrected chi connectivity index (χ4v) is 3.11. The van der Waals surface area contributed by atoms with Crippen LogP contribution in [0.15, 0.2) is 15.4 Å². The molecule has 0 aliphatic rings. The number of nitrogens with one attached hydrogen (secondary N) is 1. The normalized spacial score (nSPS) is 11.7. The molecule has 1 N–H and O–H groups in total. The van der Waals surface area contributed by atoms with Crippen LogP contribution in [0.2, 0.25) is 0 Å². The first-order chi connectivity index (χ1) is 9.88. The second-order valence-corrected chi connectivity index (χ2v) is 6.48. The number of nitrogens with zero attached hydrogens (tertiary/aromatic N) is 4. The number of anilines is 1. The third-order valence-corrected chi connectivity index (χ3v) is 4.03. The van der Waals surface area contributed by atoms with Crippen LogP contribution >= 0.6 is 23.1 Å². The van der Waals surface area contributed by atoms with Crippen LogP contribution in [0.1, 0.15) is 24.0 Å². The van der Waals surface area contributed by atoms with Crippen LogP contribution in [-0.2, 0) is 6.18 Å². The molecule has 5 nitrogen and oxygen atoms in total. The van der Waals surface area contributed by atoms with E-state index < -0.39 is 11.9 Å². The molecule has 0 saturated heterocycles. The summed E-state index contributed by atoms with van der Waals surface area (Å²) < 4.78 is 39.1. The first-order valence-electron chi connectivity index (χ1n) is 6.06.